The van der Waals surface area contributed by atoms with Gasteiger partial charge in [-0.25, -0.2) is 4.39 Å². The minimum absolute atomic E-state index is 0.283. The summed E-state index contributed by atoms with van der Waals surface area (Å²) in [5.41, 5.74) is 1.09. The summed E-state index contributed by atoms with van der Waals surface area (Å²) in [7, 11) is 0. The van der Waals surface area contributed by atoms with Gasteiger partial charge in [-0.3, -0.25) is 0 Å². The van der Waals surface area contributed by atoms with Crippen LogP contribution in [0.4, 0.5) is 17.6 Å². The smallest absolute Gasteiger partial charge is 0.206 e. The molecule has 1 atom stereocenters. The second-order valence-electron chi connectivity index (χ2n) is 4.84. The monoisotopic (exact) mass is 360 g/mol. The molecular weight excluding hydrogens is 348 g/mol. The highest BCUT2D eigenvalue weighted by Gasteiger charge is 2.30. The molecule has 2 aromatic carbocycles. The average Bonchev–Trinajstić information content (AvgIpc) is 2.41. The molecule has 0 aliphatic rings. The second kappa shape index (κ2) is 6.18. The number of aryl methyl sites for hydroxylation is 1. The molecule has 0 amide bonds. The standard InChI is InChI=1S/C16H13BrF4/c1-10-3-2-4-13(15(10)18)14(17)9-11-5-7-12(8-6-11)16(19,20)21/h2-8,14H,9H2,1H3. The molecule has 5 heteroatoms. The van der Waals surface area contributed by atoms with E-state index in [1.165, 1.54) is 12.1 Å². The molecule has 0 aliphatic carbocycles. The Morgan fingerprint density at radius 3 is 2.24 bits per heavy atom. The molecule has 0 spiro atoms. The van der Waals surface area contributed by atoms with Crippen LogP contribution in [0, 0.1) is 12.7 Å². The second-order valence-corrected chi connectivity index (χ2v) is 5.95. The maximum atomic E-state index is 14.0. The Balaban J connectivity index is 2.16. The summed E-state index contributed by atoms with van der Waals surface area (Å²) in [6, 6.07) is 10.0. The van der Waals surface area contributed by atoms with Crippen LogP contribution < -0.4 is 0 Å². The lowest BCUT2D eigenvalue weighted by atomic mass is 10.0. The van der Waals surface area contributed by atoms with Crippen LogP contribution in [-0.4, -0.2) is 0 Å². The van der Waals surface area contributed by atoms with Gasteiger partial charge >= 0.3 is 6.18 Å². The molecule has 0 saturated carbocycles. The van der Waals surface area contributed by atoms with E-state index >= 15 is 0 Å². The zero-order chi connectivity index (χ0) is 15.6. The molecule has 0 radical (unpaired) electrons. The zero-order valence-electron chi connectivity index (χ0n) is 11.2. The van der Waals surface area contributed by atoms with Crippen molar-refractivity contribution in [2.24, 2.45) is 0 Å². The summed E-state index contributed by atoms with van der Waals surface area (Å²) >= 11 is 3.40. The van der Waals surface area contributed by atoms with Gasteiger partial charge in [0.05, 0.1) is 5.56 Å². The van der Waals surface area contributed by atoms with Gasteiger partial charge in [-0.2, -0.15) is 13.2 Å². The quantitative estimate of drug-likeness (QED) is 0.477. The zero-order valence-corrected chi connectivity index (χ0v) is 12.8. The third kappa shape index (κ3) is 3.84. The predicted molar refractivity (Wildman–Crippen MR) is 78.0 cm³/mol. The van der Waals surface area contributed by atoms with Gasteiger partial charge in [0.15, 0.2) is 0 Å². The molecule has 0 aliphatic heterocycles. The number of alkyl halides is 4. The summed E-state index contributed by atoms with van der Waals surface area (Å²) in [4.78, 5) is -0.283. The van der Waals surface area contributed by atoms with Crippen LogP contribution in [0.15, 0.2) is 42.5 Å². The Morgan fingerprint density at radius 1 is 1.05 bits per heavy atom. The van der Waals surface area contributed by atoms with Crippen molar-refractivity contribution in [2.45, 2.75) is 24.3 Å². The van der Waals surface area contributed by atoms with Gasteiger partial charge in [0.25, 0.3) is 0 Å². The van der Waals surface area contributed by atoms with Gasteiger partial charge in [0, 0.05) is 10.4 Å². The third-order valence-corrected chi connectivity index (χ3v) is 4.07. The minimum atomic E-state index is -4.34. The van der Waals surface area contributed by atoms with Crippen molar-refractivity contribution >= 4 is 15.9 Å². The van der Waals surface area contributed by atoms with Gasteiger partial charge in [0.1, 0.15) is 5.82 Å². The average molecular weight is 361 g/mol. The number of benzene rings is 2. The molecule has 1 unspecified atom stereocenters. The lowest BCUT2D eigenvalue weighted by molar-refractivity contribution is -0.137. The maximum Gasteiger partial charge on any atom is 0.416 e. The summed E-state index contributed by atoms with van der Waals surface area (Å²) in [5, 5.41) is 0. The van der Waals surface area contributed by atoms with Crippen molar-refractivity contribution in [3.05, 3.63) is 70.5 Å². The van der Waals surface area contributed by atoms with Gasteiger partial charge in [-0.15, -0.1) is 0 Å². The largest absolute Gasteiger partial charge is 0.416 e. The lowest BCUT2D eigenvalue weighted by Crippen LogP contribution is -2.05. The Hall–Kier alpha value is -1.36. The van der Waals surface area contributed by atoms with Crippen molar-refractivity contribution in [3.8, 4) is 0 Å². The van der Waals surface area contributed by atoms with E-state index in [2.05, 4.69) is 15.9 Å². The molecule has 0 nitrogen and oxygen atoms in total. The van der Waals surface area contributed by atoms with Crippen LogP contribution in [-0.2, 0) is 12.6 Å². The summed E-state index contributed by atoms with van der Waals surface area (Å²) < 4.78 is 51.5. The molecular formula is C16H13BrF4. The fraction of sp³-hybridized carbons (Fsp3) is 0.250. The molecule has 2 rings (SSSR count). The van der Waals surface area contributed by atoms with E-state index in [4.69, 9.17) is 0 Å². The summed E-state index contributed by atoms with van der Waals surface area (Å²) in [6.07, 6.45) is -3.92. The van der Waals surface area contributed by atoms with Crippen LogP contribution in [0.2, 0.25) is 0 Å². The van der Waals surface area contributed by atoms with E-state index in [0.29, 0.717) is 23.1 Å². The van der Waals surface area contributed by atoms with Crippen LogP contribution >= 0.6 is 15.9 Å². The van der Waals surface area contributed by atoms with Gasteiger partial charge < -0.3 is 0 Å². The predicted octanol–water partition coefficient (Wildman–Crippen LogP) is 5.83. The topological polar surface area (TPSA) is 0 Å². The lowest BCUT2D eigenvalue weighted by Gasteiger charge is -2.13. The molecule has 0 N–H and O–H groups in total. The van der Waals surface area contributed by atoms with Crippen LogP contribution in [0.25, 0.3) is 0 Å². The fourth-order valence-electron chi connectivity index (χ4n) is 2.06. The van der Waals surface area contributed by atoms with Gasteiger partial charge in [-0.05, 0) is 36.6 Å². The van der Waals surface area contributed by atoms with Crippen molar-refractivity contribution in [1.82, 2.24) is 0 Å². The van der Waals surface area contributed by atoms with E-state index in [1.54, 1.807) is 25.1 Å². The molecule has 0 bridgehead atoms. The number of hydrogen-bond acceptors (Lipinski definition) is 0. The van der Waals surface area contributed by atoms with Crippen molar-refractivity contribution < 1.29 is 17.6 Å². The highest BCUT2D eigenvalue weighted by atomic mass is 79.9. The fourth-order valence-corrected chi connectivity index (χ4v) is 2.79. The first-order chi connectivity index (χ1) is 9.79. The Kier molecular flexibility index (Phi) is 4.71. The highest BCUT2D eigenvalue weighted by molar-refractivity contribution is 9.09. The Labute approximate surface area is 128 Å². The maximum absolute atomic E-state index is 14.0. The van der Waals surface area contributed by atoms with E-state index in [0.717, 1.165) is 12.1 Å². The number of halogens is 5. The van der Waals surface area contributed by atoms with Crippen LogP contribution in [0.5, 0.6) is 0 Å². The van der Waals surface area contributed by atoms with E-state index in [1.807, 2.05) is 0 Å². The molecule has 0 heterocycles. The minimum Gasteiger partial charge on any atom is -0.206 e. The van der Waals surface area contributed by atoms with Crippen molar-refractivity contribution in [1.29, 1.82) is 0 Å². The first-order valence-electron chi connectivity index (χ1n) is 6.34. The summed E-state index contributed by atoms with van der Waals surface area (Å²) in [5.74, 6) is -0.286. The Morgan fingerprint density at radius 2 is 1.67 bits per heavy atom. The third-order valence-electron chi connectivity index (χ3n) is 3.26. The molecule has 0 saturated heterocycles. The summed E-state index contributed by atoms with van der Waals surface area (Å²) in [6.45, 7) is 1.68. The number of hydrogen-bond donors (Lipinski definition) is 0. The van der Waals surface area contributed by atoms with Crippen LogP contribution in [0.1, 0.15) is 27.1 Å². The SMILES string of the molecule is Cc1cccc(C(Br)Cc2ccc(C(F)(F)F)cc2)c1F. The van der Waals surface area contributed by atoms with Gasteiger partial charge in [-0.1, -0.05) is 46.3 Å². The van der Waals surface area contributed by atoms with Crippen molar-refractivity contribution in [2.75, 3.05) is 0 Å². The van der Waals surface area contributed by atoms with E-state index < -0.39 is 11.7 Å². The molecule has 2 aromatic rings. The van der Waals surface area contributed by atoms with E-state index in [-0.39, 0.29) is 10.6 Å². The van der Waals surface area contributed by atoms with Gasteiger partial charge in [0.2, 0.25) is 0 Å². The molecule has 21 heavy (non-hydrogen) atoms. The van der Waals surface area contributed by atoms with Crippen LogP contribution in [0.3, 0.4) is 0 Å². The first kappa shape index (κ1) is 16.0. The highest BCUT2D eigenvalue weighted by Crippen LogP contribution is 2.32. The number of rotatable bonds is 3. The first-order valence-corrected chi connectivity index (χ1v) is 7.26. The normalized spacial score (nSPS) is 13.2. The molecule has 0 fully saturated rings. The van der Waals surface area contributed by atoms with E-state index in [9.17, 15) is 17.6 Å². The Bertz CT molecular complexity index is 617. The van der Waals surface area contributed by atoms with Crippen molar-refractivity contribution in [3.63, 3.8) is 0 Å². The molecule has 112 valence electrons. The molecule has 0 aromatic heterocycles.